The van der Waals surface area contributed by atoms with Gasteiger partial charge < -0.3 is 5.11 Å². The molecule has 2 rings (SSSR count). The highest BCUT2D eigenvalue weighted by Gasteiger charge is 2.22. The zero-order valence-electron chi connectivity index (χ0n) is 10.8. The van der Waals surface area contributed by atoms with E-state index in [4.69, 9.17) is 0 Å². The Hall–Kier alpha value is -2.28. The number of aliphatic carboxylic acids is 1. The van der Waals surface area contributed by atoms with Gasteiger partial charge in [-0.15, -0.1) is 0 Å². The lowest BCUT2D eigenvalue weighted by Gasteiger charge is -2.11. The van der Waals surface area contributed by atoms with Crippen molar-refractivity contribution in [1.82, 2.24) is 4.98 Å². The van der Waals surface area contributed by atoms with Crippen LogP contribution < -0.4 is 0 Å². The molecule has 0 bridgehead atoms. The Morgan fingerprint density at radius 2 is 1.95 bits per heavy atom. The van der Waals surface area contributed by atoms with Crippen molar-refractivity contribution in [3.63, 3.8) is 0 Å². The molecule has 1 aromatic heterocycles. The Bertz CT molecular complexity index is 656. The van der Waals surface area contributed by atoms with Crippen LogP contribution in [0.25, 0.3) is 0 Å². The van der Waals surface area contributed by atoms with Gasteiger partial charge in [-0.1, -0.05) is 28.1 Å². The largest absolute Gasteiger partial charge is 0.481 e. The average Bonchev–Trinajstić information content (AvgIpc) is 2.46. The summed E-state index contributed by atoms with van der Waals surface area (Å²) in [5.74, 6) is -1.86. The molecule has 0 fully saturated rings. The predicted molar refractivity (Wildman–Crippen MR) is 79.1 cm³/mol. The summed E-state index contributed by atoms with van der Waals surface area (Å²) in [6.07, 6.45) is 1.35. The van der Waals surface area contributed by atoms with Crippen LogP contribution in [0.3, 0.4) is 0 Å². The lowest BCUT2D eigenvalue weighted by Crippen LogP contribution is -2.15. The molecule has 7 heteroatoms. The first-order chi connectivity index (χ1) is 9.97. The highest BCUT2D eigenvalue weighted by Crippen LogP contribution is 2.22. The molecule has 1 N–H and O–H groups in total. The van der Waals surface area contributed by atoms with E-state index in [0.29, 0.717) is 5.69 Å². The number of nitro groups is 1. The van der Waals surface area contributed by atoms with Gasteiger partial charge in [0.15, 0.2) is 0 Å². The first-order valence-corrected chi connectivity index (χ1v) is 6.84. The van der Waals surface area contributed by atoms with E-state index < -0.39 is 16.8 Å². The molecule has 0 spiro atoms. The van der Waals surface area contributed by atoms with Crippen LogP contribution in [0, 0.1) is 10.1 Å². The van der Waals surface area contributed by atoms with Gasteiger partial charge in [0.25, 0.3) is 5.69 Å². The van der Waals surface area contributed by atoms with Crippen molar-refractivity contribution < 1.29 is 14.8 Å². The van der Waals surface area contributed by atoms with E-state index in [1.54, 1.807) is 0 Å². The molecule has 0 radical (unpaired) electrons. The lowest BCUT2D eigenvalue weighted by molar-refractivity contribution is -0.385. The molecule has 0 amide bonds. The molecule has 1 aromatic carbocycles. The molecule has 0 aliphatic heterocycles. The highest BCUT2D eigenvalue weighted by atomic mass is 79.9. The zero-order valence-corrected chi connectivity index (χ0v) is 12.4. The molecule has 2 aromatic rings. The van der Waals surface area contributed by atoms with Crippen LogP contribution in [-0.2, 0) is 11.2 Å². The SMILES string of the molecule is O=C(O)C(Cc1ccc(Br)cc1)c1ccc([N+](=O)[O-])cn1. The van der Waals surface area contributed by atoms with E-state index in [1.807, 2.05) is 24.3 Å². The van der Waals surface area contributed by atoms with E-state index in [-0.39, 0.29) is 12.1 Å². The number of carbonyl (C=O) groups is 1. The standard InChI is InChI=1S/C14H11BrN2O4/c15-10-3-1-9(2-4-10)7-12(14(18)19)13-6-5-11(8-16-13)17(20)21/h1-6,8,12H,7H2,(H,18,19). The van der Waals surface area contributed by atoms with Crippen molar-refractivity contribution >= 4 is 27.6 Å². The van der Waals surface area contributed by atoms with Crippen LogP contribution in [0.1, 0.15) is 17.2 Å². The molecule has 1 heterocycles. The quantitative estimate of drug-likeness (QED) is 0.660. The number of halogens is 1. The number of carboxylic acid groups (broad SMARTS) is 1. The summed E-state index contributed by atoms with van der Waals surface area (Å²) in [6, 6.07) is 9.96. The summed E-state index contributed by atoms with van der Waals surface area (Å²) >= 11 is 3.31. The minimum absolute atomic E-state index is 0.161. The number of pyridine rings is 1. The summed E-state index contributed by atoms with van der Waals surface area (Å²) in [5.41, 5.74) is 0.994. The van der Waals surface area contributed by atoms with Crippen LogP contribution in [-0.4, -0.2) is 21.0 Å². The monoisotopic (exact) mass is 350 g/mol. The Morgan fingerprint density at radius 3 is 2.43 bits per heavy atom. The van der Waals surface area contributed by atoms with Gasteiger partial charge in [0.05, 0.1) is 10.6 Å². The molecular weight excluding hydrogens is 340 g/mol. The van der Waals surface area contributed by atoms with E-state index in [9.17, 15) is 20.0 Å². The van der Waals surface area contributed by atoms with E-state index in [0.717, 1.165) is 16.2 Å². The van der Waals surface area contributed by atoms with Gasteiger partial charge in [-0.3, -0.25) is 19.9 Å². The fraction of sp³-hybridized carbons (Fsp3) is 0.143. The van der Waals surface area contributed by atoms with E-state index >= 15 is 0 Å². The third kappa shape index (κ3) is 3.85. The van der Waals surface area contributed by atoms with Crippen molar-refractivity contribution in [2.45, 2.75) is 12.3 Å². The molecule has 0 saturated carbocycles. The molecule has 0 aliphatic carbocycles. The first-order valence-electron chi connectivity index (χ1n) is 6.05. The van der Waals surface area contributed by atoms with Gasteiger partial charge >= 0.3 is 5.97 Å². The number of nitrogens with zero attached hydrogens (tertiary/aromatic N) is 2. The molecule has 0 saturated heterocycles. The number of rotatable bonds is 5. The minimum Gasteiger partial charge on any atom is -0.481 e. The summed E-state index contributed by atoms with van der Waals surface area (Å²) in [5, 5.41) is 19.9. The third-order valence-corrected chi connectivity index (χ3v) is 3.52. The van der Waals surface area contributed by atoms with Crippen LogP contribution in [0.4, 0.5) is 5.69 Å². The molecule has 1 unspecified atom stereocenters. The Kier molecular flexibility index (Phi) is 4.64. The number of aromatic nitrogens is 1. The van der Waals surface area contributed by atoms with Crippen molar-refractivity contribution in [3.8, 4) is 0 Å². The Labute approximate surface area is 128 Å². The Balaban J connectivity index is 2.24. The minimum atomic E-state index is -1.01. The first kappa shape index (κ1) is 15.1. The molecule has 21 heavy (non-hydrogen) atoms. The van der Waals surface area contributed by atoms with Gasteiger partial charge in [-0.2, -0.15) is 0 Å². The number of carboxylic acids is 1. The van der Waals surface area contributed by atoms with Crippen molar-refractivity contribution in [2.75, 3.05) is 0 Å². The maximum Gasteiger partial charge on any atom is 0.312 e. The smallest absolute Gasteiger partial charge is 0.312 e. The molecule has 108 valence electrons. The third-order valence-electron chi connectivity index (χ3n) is 2.99. The van der Waals surface area contributed by atoms with Crippen LogP contribution in [0.2, 0.25) is 0 Å². The van der Waals surface area contributed by atoms with Gasteiger partial charge in [0, 0.05) is 10.5 Å². The average molecular weight is 351 g/mol. The summed E-state index contributed by atoms with van der Waals surface area (Å²) in [7, 11) is 0. The van der Waals surface area contributed by atoms with Gasteiger partial charge in [-0.05, 0) is 30.2 Å². The van der Waals surface area contributed by atoms with Gasteiger partial charge in [-0.25, -0.2) is 0 Å². The van der Waals surface area contributed by atoms with E-state index in [2.05, 4.69) is 20.9 Å². The number of hydrogen-bond donors (Lipinski definition) is 1. The summed E-state index contributed by atoms with van der Waals surface area (Å²) in [6.45, 7) is 0. The summed E-state index contributed by atoms with van der Waals surface area (Å²) < 4.78 is 0.909. The van der Waals surface area contributed by atoms with Crippen molar-refractivity contribution in [1.29, 1.82) is 0 Å². The second-order valence-electron chi connectivity index (χ2n) is 4.42. The second kappa shape index (κ2) is 6.45. The molecule has 6 nitrogen and oxygen atoms in total. The lowest BCUT2D eigenvalue weighted by atomic mass is 9.96. The maximum atomic E-state index is 11.4. The summed E-state index contributed by atoms with van der Waals surface area (Å²) in [4.78, 5) is 25.3. The van der Waals surface area contributed by atoms with Crippen molar-refractivity contribution in [3.05, 3.63) is 68.4 Å². The zero-order chi connectivity index (χ0) is 15.4. The maximum absolute atomic E-state index is 11.4. The predicted octanol–water partition coefficient (Wildman–Crippen LogP) is 3.16. The molecule has 1 atom stereocenters. The van der Waals surface area contributed by atoms with Crippen LogP contribution in [0.15, 0.2) is 47.1 Å². The van der Waals surface area contributed by atoms with Crippen LogP contribution >= 0.6 is 15.9 Å². The van der Waals surface area contributed by atoms with E-state index in [1.165, 1.54) is 12.1 Å². The fourth-order valence-corrected chi connectivity index (χ4v) is 2.15. The number of benzene rings is 1. The van der Waals surface area contributed by atoms with Gasteiger partial charge in [0.2, 0.25) is 0 Å². The van der Waals surface area contributed by atoms with Crippen molar-refractivity contribution in [2.24, 2.45) is 0 Å². The molecule has 0 aliphatic rings. The Morgan fingerprint density at radius 1 is 1.29 bits per heavy atom. The normalized spacial score (nSPS) is 11.9. The second-order valence-corrected chi connectivity index (χ2v) is 5.34. The molecular formula is C14H11BrN2O4. The fourth-order valence-electron chi connectivity index (χ4n) is 1.89. The number of hydrogen-bond acceptors (Lipinski definition) is 4. The topological polar surface area (TPSA) is 93.3 Å². The van der Waals surface area contributed by atoms with Gasteiger partial charge in [0.1, 0.15) is 12.1 Å². The van der Waals surface area contributed by atoms with Crippen LogP contribution in [0.5, 0.6) is 0 Å². The highest BCUT2D eigenvalue weighted by molar-refractivity contribution is 9.10.